The molecular weight excluding hydrogens is 166 g/mol. The zero-order chi connectivity index (χ0) is 9.68. The molecule has 1 aromatic rings. The zero-order valence-electron chi connectivity index (χ0n) is 7.19. The van der Waals surface area contributed by atoms with E-state index in [1.807, 2.05) is 6.07 Å². The highest BCUT2D eigenvalue weighted by atomic mass is 16.5. The van der Waals surface area contributed by atoms with E-state index >= 15 is 0 Å². The Bertz CT molecular complexity index is 348. The van der Waals surface area contributed by atoms with E-state index in [4.69, 9.17) is 15.8 Å². The number of hydrogen-bond acceptors (Lipinski definition) is 4. The number of rotatable bonds is 2. The van der Waals surface area contributed by atoms with Crippen LogP contribution >= 0.6 is 0 Å². The molecule has 0 saturated carbocycles. The fourth-order valence-electron chi connectivity index (χ4n) is 0.917. The van der Waals surface area contributed by atoms with Crippen LogP contribution in [0.4, 0.5) is 0 Å². The summed E-state index contributed by atoms with van der Waals surface area (Å²) in [4.78, 5) is 0. The quantitative estimate of drug-likeness (QED) is 0.412. The molecule has 0 aliphatic heterocycles. The highest BCUT2D eigenvalue weighted by Gasteiger charge is 2.00. The standard InChI is InChI=1S/C9H9N3O/c1-13-8-4-2-7(3-5-8)9(6-10)12-11/h2-5H,11H2,1H3/b12-9-. The molecule has 0 amide bonds. The monoisotopic (exact) mass is 175 g/mol. The predicted octanol–water partition coefficient (Wildman–Crippen LogP) is 0.882. The minimum Gasteiger partial charge on any atom is -0.497 e. The van der Waals surface area contributed by atoms with Gasteiger partial charge in [-0.3, -0.25) is 0 Å². The van der Waals surface area contributed by atoms with Gasteiger partial charge in [0.25, 0.3) is 0 Å². The molecule has 2 N–H and O–H groups in total. The highest BCUT2D eigenvalue weighted by Crippen LogP contribution is 2.11. The van der Waals surface area contributed by atoms with Crippen LogP contribution in [0.1, 0.15) is 5.56 Å². The number of benzene rings is 1. The van der Waals surface area contributed by atoms with Gasteiger partial charge < -0.3 is 10.6 Å². The smallest absolute Gasteiger partial charge is 0.167 e. The number of nitriles is 1. The molecule has 1 rings (SSSR count). The zero-order valence-corrected chi connectivity index (χ0v) is 7.19. The summed E-state index contributed by atoms with van der Waals surface area (Å²) in [5.41, 5.74) is 0.897. The Hall–Kier alpha value is -2.02. The maximum atomic E-state index is 8.61. The summed E-state index contributed by atoms with van der Waals surface area (Å²) in [5, 5.41) is 12.0. The van der Waals surface area contributed by atoms with Gasteiger partial charge in [0.15, 0.2) is 5.71 Å². The van der Waals surface area contributed by atoms with Gasteiger partial charge in [-0.15, -0.1) is 0 Å². The molecule has 0 radical (unpaired) electrons. The second-order valence-corrected chi connectivity index (χ2v) is 2.32. The van der Waals surface area contributed by atoms with Crippen LogP contribution in [-0.4, -0.2) is 12.8 Å². The van der Waals surface area contributed by atoms with Gasteiger partial charge in [0, 0.05) is 5.56 Å². The van der Waals surface area contributed by atoms with Gasteiger partial charge in [-0.2, -0.15) is 10.4 Å². The molecule has 0 bridgehead atoms. The lowest BCUT2D eigenvalue weighted by atomic mass is 10.1. The van der Waals surface area contributed by atoms with E-state index in [2.05, 4.69) is 5.10 Å². The molecule has 0 atom stereocenters. The maximum absolute atomic E-state index is 8.61. The molecule has 4 heteroatoms. The Morgan fingerprint density at radius 2 is 2.08 bits per heavy atom. The largest absolute Gasteiger partial charge is 0.497 e. The molecule has 0 unspecified atom stereocenters. The van der Waals surface area contributed by atoms with Gasteiger partial charge in [-0.1, -0.05) is 0 Å². The lowest BCUT2D eigenvalue weighted by Crippen LogP contribution is -2.00. The fraction of sp³-hybridized carbons (Fsp3) is 0.111. The lowest BCUT2D eigenvalue weighted by Gasteiger charge is -1.99. The number of ether oxygens (including phenoxy) is 1. The van der Waals surface area contributed by atoms with Gasteiger partial charge in [-0.25, -0.2) is 0 Å². The minimum absolute atomic E-state index is 0.211. The Balaban J connectivity index is 3.00. The molecule has 0 aliphatic rings. The SMILES string of the molecule is COc1ccc(/C(C#N)=N\N)cc1. The van der Waals surface area contributed by atoms with Crippen molar-refractivity contribution in [2.24, 2.45) is 10.9 Å². The molecule has 0 aromatic heterocycles. The molecule has 0 spiro atoms. The molecule has 0 fully saturated rings. The normalized spacial score (nSPS) is 10.6. The molecule has 0 saturated heterocycles. The third-order valence-corrected chi connectivity index (χ3v) is 1.60. The summed E-state index contributed by atoms with van der Waals surface area (Å²) in [7, 11) is 1.58. The van der Waals surface area contributed by atoms with Crippen LogP contribution in [0.3, 0.4) is 0 Å². The van der Waals surface area contributed by atoms with Crippen molar-refractivity contribution in [1.29, 1.82) is 5.26 Å². The van der Waals surface area contributed by atoms with E-state index in [0.717, 1.165) is 5.75 Å². The third-order valence-electron chi connectivity index (χ3n) is 1.60. The summed E-state index contributed by atoms with van der Waals surface area (Å²) in [6.07, 6.45) is 0. The summed E-state index contributed by atoms with van der Waals surface area (Å²) in [5.74, 6) is 5.75. The van der Waals surface area contributed by atoms with Crippen LogP contribution in [0.2, 0.25) is 0 Å². The first-order valence-corrected chi connectivity index (χ1v) is 3.64. The number of hydrazone groups is 1. The second kappa shape index (κ2) is 4.12. The average Bonchev–Trinajstić information content (AvgIpc) is 2.21. The van der Waals surface area contributed by atoms with E-state index in [1.165, 1.54) is 0 Å². The van der Waals surface area contributed by atoms with Gasteiger partial charge in [0.2, 0.25) is 0 Å². The molecule has 66 valence electrons. The van der Waals surface area contributed by atoms with Crippen LogP contribution in [0.15, 0.2) is 29.4 Å². The summed E-state index contributed by atoms with van der Waals surface area (Å²) in [6.45, 7) is 0. The first-order chi connectivity index (χ1) is 6.31. The summed E-state index contributed by atoms with van der Waals surface area (Å²) >= 11 is 0. The van der Waals surface area contributed by atoms with Crippen molar-refractivity contribution < 1.29 is 4.74 Å². The topological polar surface area (TPSA) is 71.4 Å². The molecule has 13 heavy (non-hydrogen) atoms. The minimum atomic E-state index is 0.211. The van der Waals surface area contributed by atoms with E-state index in [1.54, 1.807) is 31.4 Å². The van der Waals surface area contributed by atoms with Crippen LogP contribution in [0.5, 0.6) is 5.75 Å². The Morgan fingerprint density at radius 1 is 1.46 bits per heavy atom. The van der Waals surface area contributed by atoms with Crippen molar-refractivity contribution in [2.45, 2.75) is 0 Å². The van der Waals surface area contributed by atoms with Gasteiger partial charge in [0.1, 0.15) is 11.8 Å². The Labute approximate surface area is 76.2 Å². The second-order valence-electron chi connectivity index (χ2n) is 2.32. The van der Waals surface area contributed by atoms with Crippen LogP contribution in [-0.2, 0) is 0 Å². The molecule has 4 nitrogen and oxygen atoms in total. The first-order valence-electron chi connectivity index (χ1n) is 3.64. The third kappa shape index (κ3) is 1.97. The molecule has 0 heterocycles. The van der Waals surface area contributed by atoms with Gasteiger partial charge in [0.05, 0.1) is 7.11 Å². The van der Waals surface area contributed by atoms with Crippen molar-refractivity contribution in [2.75, 3.05) is 7.11 Å². The van der Waals surface area contributed by atoms with E-state index in [-0.39, 0.29) is 5.71 Å². The van der Waals surface area contributed by atoms with Crippen molar-refractivity contribution in [3.63, 3.8) is 0 Å². The predicted molar refractivity (Wildman–Crippen MR) is 49.3 cm³/mol. The average molecular weight is 175 g/mol. The Morgan fingerprint density at radius 3 is 2.46 bits per heavy atom. The van der Waals surface area contributed by atoms with Crippen molar-refractivity contribution >= 4 is 5.71 Å². The molecular formula is C9H9N3O. The van der Waals surface area contributed by atoms with E-state index in [9.17, 15) is 0 Å². The number of hydrogen-bond donors (Lipinski definition) is 1. The summed E-state index contributed by atoms with van der Waals surface area (Å²) in [6, 6.07) is 8.85. The van der Waals surface area contributed by atoms with Crippen LogP contribution < -0.4 is 10.6 Å². The lowest BCUT2D eigenvalue weighted by molar-refractivity contribution is 0.415. The molecule has 1 aromatic carbocycles. The van der Waals surface area contributed by atoms with Gasteiger partial charge in [-0.05, 0) is 24.3 Å². The van der Waals surface area contributed by atoms with Crippen molar-refractivity contribution in [3.8, 4) is 11.8 Å². The first kappa shape index (κ1) is 9.07. The number of nitrogens with two attached hydrogens (primary N) is 1. The van der Waals surface area contributed by atoms with E-state index < -0.39 is 0 Å². The Kier molecular flexibility index (Phi) is 2.87. The van der Waals surface area contributed by atoms with Crippen molar-refractivity contribution in [1.82, 2.24) is 0 Å². The number of nitrogens with zero attached hydrogens (tertiary/aromatic N) is 2. The summed E-state index contributed by atoms with van der Waals surface area (Å²) < 4.78 is 4.96. The highest BCUT2D eigenvalue weighted by molar-refractivity contribution is 6.11. The van der Waals surface area contributed by atoms with E-state index in [0.29, 0.717) is 5.56 Å². The van der Waals surface area contributed by atoms with Gasteiger partial charge >= 0.3 is 0 Å². The van der Waals surface area contributed by atoms with Crippen molar-refractivity contribution in [3.05, 3.63) is 29.8 Å². The maximum Gasteiger partial charge on any atom is 0.167 e. The molecule has 0 aliphatic carbocycles. The van der Waals surface area contributed by atoms with Crippen LogP contribution in [0.25, 0.3) is 0 Å². The van der Waals surface area contributed by atoms with Crippen LogP contribution in [0, 0.1) is 11.3 Å². The number of methoxy groups -OCH3 is 1. The fourth-order valence-corrected chi connectivity index (χ4v) is 0.917.